The summed E-state index contributed by atoms with van der Waals surface area (Å²) in [6.07, 6.45) is 0. The lowest BCUT2D eigenvalue weighted by Gasteiger charge is -2.08. The lowest BCUT2D eigenvalue weighted by atomic mass is 10.4. The number of hydrogen-bond acceptors (Lipinski definition) is 3. The average molecular weight is 168 g/mol. The standard InChI is InChI=1S/C7H12N4O/c1-10(2)7(12)5-4-6(8)9-11(5)3/h4H,1-3H3,(H2,8,9). The van der Waals surface area contributed by atoms with Crippen LogP contribution in [0.4, 0.5) is 5.82 Å². The van der Waals surface area contributed by atoms with Crippen molar-refractivity contribution in [3.05, 3.63) is 11.8 Å². The van der Waals surface area contributed by atoms with Gasteiger partial charge in [-0.05, 0) is 0 Å². The lowest BCUT2D eigenvalue weighted by Crippen LogP contribution is -2.24. The summed E-state index contributed by atoms with van der Waals surface area (Å²) >= 11 is 0. The van der Waals surface area contributed by atoms with Gasteiger partial charge in [-0.3, -0.25) is 9.48 Å². The number of anilines is 1. The van der Waals surface area contributed by atoms with Crippen LogP contribution in [-0.4, -0.2) is 34.7 Å². The highest BCUT2D eigenvalue weighted by atomic mass is 16.2. The van der Waals surface area contributed by atoms with Gasteiger partial charge in [0, 0.05) is 27.2 Å². The van der Waals surface area contributed by atoms with Gasteiger partial charge in [0.2, 0.25) is 0 Å². The van der Waals surface area contributed by atoms with Crippen LogP contribution in [0.1, 0.15) is 10.5 Å². The van der Waals surface area contributed by atoms with Crippen LogP contribution >= 0.6 is 0 Å². The molecule has 0 saturated heterocycles. The second kappa shape index (κ2) is 2.84. The van der Waals surface area contributed by atoms with E-state index in [1.165, 1.54) is 9.58 Å². The topological polar surface area (TPSA) is 64.2 Å². The predicted octanol–water partition coefficient (Wildman–Crippen LogP) is -0.296. The summed E-state index contributed by atoms with van der Waals surface area (Å²) in [6, 6.07) is 1.56. The van der Waals surface area contributed by atoms with Crippen molar-refractivity contribution in [3.63, 3.8) is 0 Å². The molecule has 1 aromatic heterocycles. The quantitative estimate of drug-likeness (QED) is 0.626. The van der Waals surface area contributed by atoms with Crippen LogP contribution in [-0.2, 0) is 7.05 Å². The molecule has 5 nitrogen and oxygen atoms in total. The van der Waals surface area contributed by atoms with E-state index >= 15 is 0 Å². The summed E-state index contributed by atoms with van der Waals surface area (Å²) < 4.78 is 1.47. The van der Waals surface area contributed by atoms with Crippen molar-refractivity contribution in [2.75, 3.05) is 19.8 Å². The summed E-state index contributed by atoms with van der Waals surface area (Å²) in [7, 11) is 5.06. The number of carbonyl (C=O) groups excluding carboxylic acids is 1. The molecule has 1 rings (SSSR count). The first-order chi connectivity index (χ1) is 5.52. The van der Waals surface area contributed by atoms with Crippen LogP contribution in [0, 0.1) is 0 Å². The van der Waals surface area contributed by atoms with Crippen LogP contribution < -0.4 is 5.73 Å². The van der Waals surface area contributed by atoms with Crippen molar-refractivity contribution in [3.8, 4) is 0 Å². The molecule has 1 heterocycles. The van der Waals surface area contributed by atoms with E-state index in [0.29, 0.717) is 11.5 Å². The van der Waals surface area contributed by atoms with Gasteiger partial charge < -0.3 is 10.6 Å². The number of nitrogens with two attached hydrogens (primary N) is 1. The van der Waals surface area contributed by atoms with Gasteiger partial charge in [0.05, 0.1) is 0 Å². The van der Waals surface area contributed by atoms with Crippen molar-refractivity contribution in [2.45, 2.75) is 0 Å². The number of rotatable bonds is 1. The van der Waals surface area contributed by atoms with E-state index in [2.05, 4.69) is 5.10 Å². The van der Waals surface area contributed by atoms with Gasteiger partial charge >= 0.3 is 0 Å². The van der Waals surface area contributed by atoms with Gasteiger partial charge in [0.15, 0.2) is 0 Å². The summed E-state index contributed by atoms with van der Waals surface area (Å²) in [5.74, 6) is 0.268. The zero-order valence-corrected chi connectivity index (χ0v) is 7.40. The van der Waals surface area contributed by atoms with Crippen LogP contribution in [0.3, 0.4) is 0 Å². The molecule has 1 amide bonds. The molecule has 12 heavy (non-hydrogen) atoms. The molecule has 0 fully saturated rings. The SMILES string of the molecule is CN(C)C(=O)c1cc(N)nn1C. The zero-order chi connectivity index (χ0) is 9.30. The van der Waals surface area contributed by atoms with Crippen LogP contribution in [0.15, 0.2) is 6.07 Å². The Kier molecular flexibility index (Phi) is 2.03. The fraction of sp³-hybridized carbons (Fsp3) is 0.429. The minimum Gasteiger partial charge on any atom is -0.382 e. The largest absolute Gasteiger partial charge is 0.382 e. The lowest BCUT2D eigenvalue weighted by molar-refractivity contribution is 0.0817. The summed E-state index contributed by atoms with van der Waals surface area (Å²) in [5, 5.41) is 3.86. The summed E-state index contributed by atoms with van der Waals surface area (Å²) in [6.45, 7) is 0. The van der Waals surface area contributed by atoms with E-state index in [4.69, 9.17) is 5.73 Å². The number of hydrogen-bond donors (Lipinski definition) is 1. The van der Waals surface area contributed by atoms with Gasteiger partial charge in [-0.1, -0.05) is 0 Å². The minimum atomic E-state index is -0.0956. The molecule has 66 valence electrons. The second-order valence-electron chi connectivity index (χ2n) is 2.78. The molecule has 0 aliphatic rings. The Balaban J connectivity index is 3.02. The van der Waals surface area contributed by atoms with E-state index in [-0.39, 0.29) is 5.91 Å². The molecule has 0 radical (unpaired) electrons. The van der Waals surface area contributed by atoms with E-state index in [1.807, 2.05) is 0 Å². The smallest absolute Gasteiger partial charge is 0.271 e. The minimum absolute atomic E-state index is 0.0956. The van der Waals surface area contributed by atoms with Crippen molar-refractivity contribution in [1.29, 1.82) is 0 Å². The van der Waals surface area contributed by atoms with Crippen LogP contribution in [0.2, 0.25) is 0 Å². The summed E-state index contributed by atoms with van der Waals surface area (Å²) in [5.41, 5.74) is 5.91. The highest BCUT2D eigenvalue weighted by Crippen LogP contribution is 2.05. The molecule has 0 aliphatic heterocycles. The maximum absolute atomic E-state index is 11.4. The molecule has 0 spiro atoms. The van der Waals surface area contributed by atoms with Crippen LogP contribution in [0.25, 0.3) is 0 Å². The second-order valence-corrected chi connectivity index (χ2v) is 2.78. The first kappa shape index (κ1) is 8.58. The molecule has 0 aliphatic carbocycles. The third-order valence-electron chi connectivity index (χ3n) is 1.52. The Labute approximate surface area is 70.8 Å². The number of nitrogens with zero attached hydrogens (tertiary/aromatic N) is 3. The maximum Gasteiger partial charge on any atom is 0.271 e. The average Bonchev–Trinajstić information content (AvgIpc) is 2.28. The zero-order valence-electron chi connectivity index (χ0n) is 7.40. The molecule has 1 aromatic rings. The Morgan fingerprint density at radius 1 is 1.67 bits per heavy atom. The molecular weight excluding hydrogens is 156 g/mol. The molecule has 0 atom stereocenters. The van der Waals surface area contributed by atoms with E-state index in [9.17, 15) is 4.79 Å². The monoisotopic (exact) mass is 168 g/mol. The third-order valence-corrected chi connectivity index (χ3v) is 1.52. The number of nitrogen functional groups attached to an aromatic ring is 1. The molecule has 0 unspecified atom stereocenters. The van der Waals surface area contributed by atoms with E-state index in [1.54, 1.807) is 27.2 Å². The highest BCUT2D eigenvalue weighted by molar-refractivity contribution is 5.92. The maximum atomic E-state index is 11.4. The van der Waals surface area contributed by atoms with Crippen molar-refractivity contribution in [2.24, 2.45) is 7.05 Å². The Morgan fingerprint density at radius 3 is 2.58 bits per heavy atom. The van der Waals surface area contributed by atoms with Gasteiger partial charge in [0.25, 0.3) is 5.91 Å². The van der Waals surface area contributed by atoms with Gasteiger partial charge in [-0.2, -0.15) is 5.10 Å². The van der Waals surface area contributed by atoms with Crippen molar-refractivity contribution >= 4 is 11.7 Å². The van der Waals surface area contributed by atoms with E-state index < -0.39 is 0 Å². The first-order valence-electron chi connectivity index (χ1n) is 3.53. The van der Waals surface area contributed by atoms with Gasteiger partial charge in [0.1, 0.15) is 11.5 Å². The normalized spacial score (nSPS) is 9.92. The first-order valence-corrected chi connectivity index (χ1v) is 3.53. The van der Waals surface area contributed by atoms with Gasteiger partial charge in [-0.15, -0.1) is 0 Å². The number of carbonyl (C=O) groups is 1. The highest BCUT2D eigenvalue weighted by Gasteiger charge is 2.13. The molecular formula is C7H12N4O. The fourth-order valence-electron chi connectivity index (χ4n) is 0.919. The number of aromatic nitrogens is 2. The van der Waals surface area contributed by atoms with Crippen molar-refractivity contribution < 1.29 is 4.79 Å². The van der Waals surface area contributed by atoms with Gasteiger partial charge in [-0.25, -0.2) is 0 Å². The Hall–Kier alpha value is -1.52. The summed E-state index contributed by atoms with van der Waals surface area (Å²) in [4.78, 5) is 12.9. The Morgan fingerprint density at radius 2 is 2.25 bits per heavy atom. The molecule has 2 N–H and O–H groups in total. The van der Waals surface area contributed by atoms with E-state index in [0.717, 1.165) is 0 Å². The van der Waals surface area contributed by atoms with Crippen LogP contribution in [0.5, 0.6) is 0 Å². The fourth-order valence-corrected chi connectivity index (χ4v) is 0.919. The Bertz CT molecular complexity index is 302. The number of amides is 1. The molecule has 0 aromatic carbocycles. The van der Waals surface area contributed by atoms with Crippen molar-refractivity contribution in [1.82, 2.24) is 14.7 Å². The third kappa shape index (κ3) is 1.39. The molecule has 0 saturated carbocycles. The molecule has 0 bridgehead atoms. The molecule has 5 heteroatoms. The predicted molar refractivity (Wildman–Crippen MR) is 45.6 cm³/mol. The number of aryl methyl sites for hydroxylation is 1.